The van der Waals surface area contributed by atoms with Crippen LogP contribution in [0.2, 0.25) is 0 Å². The molecule has 0 bridgehead atoms. The van der Waals surface area contributed by atoms with Gasteiger partial charge in [-0.05, 0) is 12.1 Å². The SMILES string of the molecule is CC(C)(CO)CNc1ncccc1S(C)(=O)=O. The number of hydrogen-bond donors (Lipinski definition) is 2. The average Bonchev–Trinajstić information content (AvgIpc) is 2.26. The molecule has 5 nitrogen and oxygen atoms in total. The molecule has 0 fully saturated rings. The number of aliphatic hydroxyl groups excluding tert-OH is 1. The van der Waals surface area contributed by atoms with Crippen LogP contribution in [0.5, 0.6) is 0 Å². The fraction of sp³-hybridized carbons (Fsp3) is 0.545. The van der Waals surface area contributed by atoms with Gasteiger partial charge in [0, 0.05) is 31.0 Å². The maximum Gasteiger partial charge on any atom is 0.179 e. The van der Waals surface area contributed by atoms with Crippen molar-refractivity contribution in [1.29, 1.82) is 0 Å². The van der Waals surface area contributed by atoms with E-state index in [4.69, 9.17) is 5.11 Å². The van der Waals surface area contributed by atoms with Gasteiger partial charge in [0.05, 0.1) is 0 Å². The summed E-state index contributed by atoms with van der Waals surface area (Å²) in [5.41, 5.74) is -0.327. The number of sulfone groups is 1. The number of rotatable bonds is 5. The lowest BCUT2D eigenvalue weighted by atomic mass is 9.95. The number of pyridine rings is 1. The predicted molar refractivity (Wildman–Crippen MR) is 66.7 cm³/mol. The van der Waals surface area contributed by atoms with E-state index in [2.05, 4.69) is 10.3 Å². The zero-order valence-electron chi connectivity index (χ0n) is 10.3. The highest BCUT2D eigenvalue weighted by Gasteiger charge is 2.19. The second-order valence-electron chi connectivity index (χ2n) is 4.80. The predicted octanol–water partition coefficient (Wildman–Crippen LogP) is 0.915. The van der Waals surface area contributed by atoms with Crippen molar-refractivity contribution in [2.24, 2.45) is 5.41 Å². The van der Waals surface area contributed by atoms with Crippen molar-refractivity contribution in [3.63, 3.8) is 0 Å². The number of hydrogen-bond acceptors (Lipinski definition) is 5. The molecule has 17 heavy (non-hydrogen) atoms. The lowest BCUT2D eigenvalue weighted by molar-refractivity contribution is 0.170. The molecule has 1 rings (SSSR count). The minimum atomic E-state index is -3.30. The van der Waals surface area contributed by atoms with E-state index in [0.29, 0.717) is 12.4 Å². The largest absolute Gasteiger partial charge is 0.396 e. The molecule has 0 atom stereocenters. The van der Waals surface area contributed by atoms with E-state index in [1.165, 1.54) is 12.3 Å². The molecular weight excluding hydrogens is 240 g/mol. The highest BCUT2D eigenvalue weighted by Crippen LogP contribution is 2.20. The van der Waals surface area contributed by atoms with E-state index in [9.17, 15) is 8.42 Å². The van der Waals surface area contributed by atoms with Crippen molar-refractivity contribution < 1.29 is 13.5 Å². The summed E-state index contributed by atoms with van der Waals surface area (Å²) in [5.74, 6) is 0.330. The molecule has 0 spiro atoms. The van der Waals surface area contributed by atoms with Crippen LogP contribution in [0.1, 0.15) is 13.8 Å². The maximum atomic E-state index is 11.5. The van der Waals surface area contributed by atoms with E-state index in [1.807, 2.05) is 13.8 Å². The minimum absolute atomic E-state index is 0.0149. The van der Waals surface area contributed by atoms with Gasteiger partial charge < -0.3 is 10.4 Å². The van der Waals surface area contributed by atoms with E-state index in [-0.39, 0.29) is 16.9 Å². The van der Waals surface area contributed by atoms with Crippen LogP contribution in [-0.4, -0.2) is 37.9 Å². The average molecular weight is 258 g/mol. The van der Waals surface area contributed by atoms with Crippen LogP contribution in [-0.2, 0) is 9.84 Å². The third-order valence-corrected chi connectivity index (χ3v) is 3.46. The highest BCUT2D eigenvalue weighted by molar-refractivity contribution is 7.90. The molecule has 96 valence electrons. The van der Waals surface area contributed by atoms with Crippen LogP contribution < -0.4 is 5.32 Å². The molecule has 0 saturated carbocycles. The Bertz CT molecular complexity index is 483. The van der Waals surface area contributed by atoms with Gasteiger partial charge in [0.15, 0.2) is 9.84 Å². The Labute approximate surface area is 102 Å². The Hall–Kier alpha value is -1.14. The molecule has 1 aromatic rings. The fourth-order valence-corrected chi connectivity index (χ4v) is 2.00. The van der Waals surface area contributed by atoms with Crippen LogP contribution in [0, 0.1) is 5.41 Å². The van der Waals surface area contributed by atoms with Gasteiger partial charge in [-0.2, -0.15) is 0 Å². The first-order chi connectivity index (χ1) is 7.76. The highest BCUT2D eigenvalue weighted by atomic mass is 32.2. The molecule has 1 aromatic heterocycles. The first kappa shape index (κ1) is 13.9. The third-order valence-electron chi connectivity index (χ3n) is 2.33. The van der Waals surface area contributed by atoms with E-state index >= 15 is 0 Å². The van der Waals surface area contributed by atoms with Crippen LogP contribution in [0.3, 0.4) is 0 Å². The summed E-state index contributed by atoms with van der Waals surface area (Å²) in [6, 6.07) is 3.09. The number of aromatic nitrogens is 1. The summed E-state index contributed by atoms with van der Waals surface area (Å²) in [6.07, 6.45) is 2.68. The molecular formula is C11H18N2O3S. The molecule has 0 aliphatic carbocycles. The van der Waals surface area contributed by atoms with Gasteiger partial charge >= 0.3 is 0 Å². The van der Waals surface area contributed by atoms with E-state index in [0.717, 1.165) is 6.26 Å². The van der Waals surface area contributed by atoms with Crippen molar-refractivity contribution in [2.75, 3.05) is 24.7 Å². The smallest absolute Gasteiger partial charge is 0.179 e. The topological polar surface area (TPSA) is 79.3 Å². The number of nitrogens with zero attached hydrogens (tertiary/aromatic N) is 1. The molecule has 0 radical (unpaired) electrons. The number of anilines is 1. The lowest BCUT2D eigenvalue weighted by Crippen LogP contribution is -2.27. The summed E-state index contributed by atoms with van der Waals surface area (Å²) >= 11 is 0. The van der Waals surface area contributed by atoms with Gasteiger partial charge in [-0.3, -0.25) is 0 Å². The second-order valence-corrected chi connectivity index (χ2v) is 6.78. The molecule has 0 amide bonds. The van der Waals surface area contributed by atoms with Crippen LogP contribution >= 0.6 is 0 Å². The Kier molecular flexibility index (Phi) is 4.11. The van der Waals surface area contributed by atoms with Gasteiger partial charge in [-0.15, -0.1) is 0 Å². The Balaban J connectivity index is 2.93. The van der Waals surface area contributed by atoms with Crippen molar-refractivity contribution in [2.45, 2.75) is 18.7 Å². The lowest BCUT2D eigenvalue weighted by Gasteiger charge is -2.22. The fourth-order valence-electron chi connectivity index (χ4n) is 1.20. The van der Waals surface area contributed by atoms with Crippen molar-refractivity contribution >= 4 is 15.7 Å². The van der Waals surface area contributed by atoms with Crippen LogP contribution in [0.25, 0.3) is 0 Å². The summed E-state index contributed by atoms with van der Waals surface area (Å²) < 4.78 is 23.0. The molecule has 0 unspecified atom stereocenters. The quantitative estimate of drug-likeness (QED) is 0.821. The first-order valence-electron chi connectivity index (χ1n) is 5.26. The van der Waals surface area contributed by atoms with Crippen molar-refractivity contribution in [1.82, 2.24) is 4.98 Å². The third kappa shape index (κ3) is 3.98. The van der Waals surface area contributed by atoms with Gasteiger partial charge in [0.25, 0.3) is 0 Å². The molecule has 2 N–H and O–H groups in total. The standard InChI is InChI=1S/C11H18N2O3S/c1-11(2,8-14)7-13-10-9(17(3,15)16)5-4-6-12-10/h4-6,14H,7-8H2,1-3H3,(H,12,13). The summed E-state index contributed by atoms with van der Waals surface area (Å²) in [7, 11) is -3.30. The number of nitrogens with one attached hydrogen (secondary N) is 1. The van der Waals surface area contributed by atoms with Gasteiger partial charge in [-0.1, -0.05) is 13.8 Å². The molecule has 0 aromatic carbocycles. The normalized spacial score (nSPS) is 12.5. The molecule has 0 saturated heterocycles. The van der Waals surface area contributed by atoms with Gasteiger partial charge in [0.2, 0.25) is 0 Å². The van der Waals surface area contributed by atoms with Crippen molar-refractivity contribution in [3.05, 3.63) is 18.3 Å². The Morgan fingerprint density at radius 3 is 2.65 bits per heavy atom. The summed E-state index contributed by atoms with van der Waals surface area (Å²) in [4.78, 5) is 4.19. The number of aliphatic hydroxyl groups is 1. The van der Waals surface area contributed by atoms with Gasteiger partial charge in [0.1, 0.15) is 10.7 Å². The Morgan fingerprint density at radius 2 is 2.12 bits per heavy atom. The van der Waals surface area contributed by atoms with Crippen LogP contribution in [0.15, 0.2) is 23.2 Å². The van der Waals surface area contributed by atoms with Gasteiger partial charge in [-0.25, -0.2) is 13.4 Å². The molecule has 6 heteroatoms. The first-order valence-corrected chi connectivity index (χ1v) is 7.15. The summed E-state index contributed by atoms with van der Waals surface area (Å²) in [5, 5.41) is 12.1. The molecule has 0 aliphatic heterocycles. The minimum Gasteiger partial charge on any atom is -0.396 e. The Morgan fingerprint density at radius 1 is 1.47 bits per heavy atom. The van der Waals surface area contributed by atoms with Crippen molar-refractivity contribution in [3.8, 4) is 0 Å². The zero-order chi connectivity index (χ0) is 13.1. The maximum absolute atomic E-state index is 11.5. The zero-order valence-corrected chi connectivity index (χ0v) is 11.1. The van der Waals surface area contributed by atoms with E-state index in [1.54, 1.807) is 6.07 Å². The molecule has 0 aliphatic rings. The second kappa shape index (κ2) is 5.01. The summed E-state index contributed by atoms with van der Waals surface area (Å²) in [6.45, 7) is 4.22. The monoisotopic (exact) mass is 258 g/mol. The van der Waals surface area contributed by atoms with Crippen LogP contribution in [0.4, 0.5) is 5.82 Å². The molecule has 1 heterocycles. The van der Waals surface area contributed by atoms with E-state index < -0.39 is 9.84 Å².